The molecule has 4 aromatic rings. The van der Waals surface area contributed by atoms with Crippen LogP contribution in [-0.4, -0.2) is 35.6 Å². The standard InChI is InChI=1S/C27H27N3O4/c1-33-24-16-25(31)30-13-12-29(18-19-8-9-20-5-2-3-6-21(20)15-19)11-10-23(30)26(24)27(32)28-17-22-7-4-14-34-22/h2-9,14-16H,10-13,17-18H2,1H3,(H,28,32). The smallest absolute Gasteiger partial charge is 0.257 e. The van der Waals surface area contributed by atoms with Crippen molar-refractivity contribution in [1.82, 2.24) is 14.8 Å². The lowest BCUT2D eigenvalue weighted by molar-refractivity contribution is 0.0942. The molecule has 3 heterocycles. The molecule has 7 nitrogen and oxygen atoms in total. The summed E-state index contributed by atoms with van der Waals surface area (Å²) in [5, 5.41) is 5.33. The molecule has 1 aliphatic heterocycles. The van der Waals surface area contributed by atoms with E-state index in [0.717, 1.165) is 19.6 Å². The number of benzene rings is 2. The van der Waals surface area contributed by atoms with Gasteiger partial charge in [-0.05, 0) is 34.5 Å². The van der Waals surface area contributed by atoms with E-state index in [-0.39, 0.29) is 18.0 Å². The maximum atomic E-state index is 13.2. The normalized spacial score (nSPS) is 13.9. The molecule has 174 valence electrons. The monoisotopic (exact) mass is 457 g/mol. The molecule has 0 radical (unpaired) electrons. The third-order valence-corrected chi connectivity index (χ3v) is 6.36. The molecule has 0 saturated carbocycles. The zero-order chi connectivity index (χ0) is 23.5. The molecule has 0 spiro atoms. The summed E-state index contributed by atoms with van der Waals surface area (Å²) in [4.78, 5) is 28.3. The van der Waals surface area contributed by atoms with Gasteiger partial charge in [0.2, 0.25) is 0 Å². The molecule has 2 aromatic carbocycles. The van der Waals surface area contributed by atoms with E-state index in [4.69, 9.17) is 9.15 Å². The first-order valence-corrected chi connectivity index (χ1v) is 11.4. The highest BCUT2D eigenvalue weighted by Gasteiger charge is 2.25. The second-order valence-electron chi connectivity index (χ2n) is 8.49. The van der Waals surface area contributed by atoms with Gasteiger partial charge in [0.25, 0.3) is 11.5 Å². The van der Waals surface area contributed by atoms with E-state index in [1.807, 2.05) is 12.1 Å². The van der Waals surface area contributed by atoms with Crippen molar-refractivity contribution in [3.05, 3.63) is 99.9 Å². The molecule has 0 aliphatic carbocycles. The van der Waals surface area contributed by atoms with Gasteiger partial charge < -0.3 is 19.0 Å². The Labute approximate surface area is 197 Å². The van der Waals surface area contributed by atoms with Crippen molar-refractivity contribution in [2.45, 2.75) is 26.1 Å². The molecule has 34 heavy (non-hydrogen) atoms. The summed E-state index contributed by atoms with van der Waals surface area (Å²) in [5.74, 6) is 0.684. The fourth-order valence-electron chi connectivity index (χ4n) is 4.62. The summed E-state index contributed by atoms with van der Waals surface area (Å²) < 4.78 is 12.5. The highest BCUT2D eigenvalue weighted by Crippen LogP contribution is 2.24. The predicted molar refractivity (Wildman–Crippen MR) is 130 cm³/mol. The molecule has 0 saturated heterocycles. The van der Waals surface area contributed by atoms with Crippen molar-refractivity contribution in [3.8, 4) is 5.75 Å². The minimum Gasteiger partial charge on any atom is -0.496 e. The van der Waals surface area contributed by atoms with Gasteiger partial charge in [-0.3, -0.25) is 14.5 Å². The summed E-state index contributed by atoms with van der Waals surface area (Å²) in [6.07, 6.45) is 2.14. The molecule has 0 bridgehead atoms. The number of pyridine rings is 1. The number of carbonyl (C=O) groups excluding carboxylic acids is 1. The summed E-state index contributed by atoms with van der Waals surface area (Å²) in [6.45, 7) is 3.02. The van der Waals surface area contributed by atoms with Crippen LogP contribution in [0.4, 0.5) is 0 Å². The average Bonchev–Trinajstić information content (AvgIpc) is 3.29. The molecule has 1 aliphatic rings. The fraction of sp³-hybridized carbons (Fsp3) is 0.259. The first-order chi connectivity index (χ1) is 16.6. The molecule has 2 aromatic heterocycles. The zero-order valence-electron chi connectivity index (χ0n) is 19.1. The Kier molecular flexibility index (Phi) is 6.18. The van der Waals surface area contributed by atoms with Crippen LogP contribution in [0, 0.1) is 0 Å². The number of methoxy groups -OCH3 is 1. The van der Waals surface area contributed by atoms with Crippen LogP contribution in [0.15, 0.2) is 76.1 Å². The fourth-order valence-corrected chi connectivity index (χ4v) is 4.62. The van der Waals surface area contributed by atoms with E-state index in [1.54, 1.807) is 23.0 Å². The molecular formula is C27H27N3O4. The molecule has 0 fully saturated rings. The number of hydrogen-bond acceptors (Lipinski definition) is 5. The van der Waals surface area contributed by atoms with Crippen LogP contribution in [-0.2, 0) is 26.1 Å². The van der Waals surface area contributed by atoms with Crippen LogP contribution in [0.1, 0.15) is 27.4 Å². The van der Waals surface area contributed by atoms with Gasteiger partial charge >= 0.3 is 0 Å². The van der Waals surface area contributed by atoms with Gasteiger partial charge in [-0.1, -0.05) is 36.4 Å². The van der Waals surface area contributed by atoms with Crippen LogP contribution >= 0.6 is 0 Å². The molecular weight excluding hydrogens is 430 g/mol. The highest BCUT2D eigenvalue weighted by molar-refractivity contribution is 5.98. The molecule has 0 unspecified atom stereocenters. The Morgan fingerprint density at radius 3 is 2.68 bits per heavy atom. The topological polar surface area (TPSA) is 76.7 Å². The van der Waals surface area contributed by atoms with Gasteiger partial charge in [-0.15, -0.1) is 0 Å². The van der Waals surface area contributed by atoms with Crippen molar-refractivity contribution in [1.29, 1.82) is 0 Å². The lowest BCUT2D eigenvalue weighted by atomic mass is 10.1. The number of fused-ring (bicyclic) bond motifs is 2. The second kappa shape index (κ2) is 9.57. The SMILES string of the molecule is COc1cc(=O)n2c(c1C(=O)NCc1ccco1)CCN(Cc1ccc3ccccc3c1)CC2. The quantitative estimate of drug-likeness (QED) is 0.479. The number of amides is 1. The first-order valence-electron chi connectivity index (χ1n) is 11.4. The summed E-state index contributed by atoms with van der Waals surface area (Å²) in [7, 11) is 1.48. The number of nitrogens with zero attached hydrogens (tertiary/aromatic N) is 2. The van der Waals surface area contributed by atoms with E-state index >= 15 is 0 Å². The van der Waals surface area contributed by atoms with Crippen molar-refractivity contribution >= 4 is 16.7 Å². The minimum atomic E-state index is -0.278. The van der Waals surface area contributed by atoms with Gasteiger partial charge in [0.15, 0.2) is 0 Å². The number of ether oxygens (including phenoxy) is 1. The van der Waals surface area contributed by atoms with Crippen LogP contribution < -0.4 is 15.6 Å². The maximum absolute atomic E-state index is 13.2. The summed E-state index contributed by atoms with van der Waals surface area (Å²) >= 11 is 0. The average molecular weight is 458 g/mol. The van der Waals surface area contributed by atoms with Crippen molar-refractivity contribution in [2.75, 3.05) is 20.2 Å². The van der Waals surface area contributed by atoms with Crippen molar-refractivity contribution in [2.24, 2.45) is 0 Å². The lowest BCUT2D eigenvalue weighted by Crippen LogP contribution is -2.31. The Morgan fingerprint density at radius 2 is 1.88 bits per heavy atom. The maximum Gasteiger partial charge on any atom is 0.257 e. The number of rotatable bonds is 6. The van der Waals surface area contributed by atoms with Gasteiger partial charge in [-0.2, -0.15) is 0 Å². The van der Waals surface area contributed by atoms with Gasteiger partial charge in [-0.25, -0.2) is 0 Å². The summed E-state index contributed by atoms with van der Waals surface area (Å²) in [5.41, 5.74) is 2.21. The molecule has 7 heteroatoms. The Hall–Kier alpha value is -3.84. The number of carbonyl (C=O) groups is 1. The van der Waals surface area contributed by atoms with Crippen molar-refractivity contribution < 1.29 is 13.9 Å². The van der Waals surface area contributed by atoms with Gasteiger partial charge in [0.05, 0.1) is 19.9 Å². The van der Waals surface area contributed by atoms with Crippen molar-refractivity contribution in [3.63, 3.8) is 0 Å². The van der Waals surface area contributed by atoms with Crippen LogP contribution in [0.2, 0.25) is 0 Å². The predicted octanol–water partition coefficient (Wildman–Crippen LogP) is 3.59. The van der Waals surface area contributed by atoms with Crippen LogP contribution in [0.5, 0.6) is 5.75 Å². The minimum absolute atomic E-state index is 0.151. The molecule has 0 atom stereocenters. The number of furan rings is 1. The van der Waals surface area contributed by atoms with E-state index in [0.29, 0.717) is 35.7 Å². The Bertz CT molecular complexity index is 1370. The highest BCUT2D eigenvalue weighted by atomic mass is 16.5. The van der Waals surface area contributed by atoms with Crippen LogP contribution in [0.25, 0.3) is 10.8 Å². The first kappa shape index (κ1) is 22.0. The lowest BCUT2D eigenvalue weighted by Gasteiger charge is -2.19. The Balaban J connectivity index is 1.38. The largest absolute Gasteiger partial charge is 0.496 e. The number of aromatic nitrogens is 1. The molecule has 1 N–H and O–H groups in total. The van der Waals surface area contributed by atoms with E-state index < -0.39 is 0 Å². The summed E-state index contributed by atoms with van der Waals surface area (Å²) in [6, 6.07) is 19.8. The van der Waals surface area contributed by atoms with Crippen LogP contribution in [0.3, 0.4) is 0 Å². The van der Waals surface area contributed by atoms with Gasteiger partial charge in [0.1, 0.15) is 17.1 Å². The van der Waals surface area contributed by atoms with E-state index in [1.165, 1.54) is 29.5 Å². The second-order valence-corrected chi connectivity index (χ2v) is 8.49. The third-order valence-electron chi connectivity index (χ3n) is 6.36. The Morgan fingerprint density at radius 1 is 1.03 bits per heavy atom. The zero-order valence-corrected chi connectivity index (χ0v) is 19.1. The van der Waals surface area contributed by atoms with E-state index in [2.05, 4.69) is 40.5 Å². The molecule has 5 rings (SSSR count). The van der Waals surface area contributed by atoms with Gasteiger partial charge in [0, 0.05) is 44.4 Å². The van der Waals surface area contributed by atoms with E-state index in [9.17, 15) is 9.59 Å². The number of hydrogen-bond donors (Lipinski definition) is 1. The molecule has 1 amide bonds. The third kappa shape index (κ3) is 4.47. The number of nitrogens with one attached hydrogen (secondary N) is 1.